The number of benzene rings is 1. The third-order valence-electron chi connectivity index (χ3n) is 6.19. The van der Waals surface area contributed by atoms with E-state index in [0.717, 1.165) is 49.4 Å². The van der Waals surface area contributed by atoms with Crippen LogP contribution in [0.3, 0.4) is 0 Å². The van der Waals surface area contributed by atoms with Crippen LogP contribution in [-0.2, 0) is 0 Å². The van der Waals surface area contributed by atoms with Gasteiger partial charge in [0.1, 0.15) is 0 Å². The summed E-state index contributed by atoms with van der Waals surface area (Å²) in [5, 5.41) is 11.9. The zero-order valence-corrected chi connectivity index (χ0v) is 17.1. The summed E-state index contributed by atoms with van der Waals surface area (Å²) in [7, 11) is 0. The molecule has 4 rings (SSSR count). The van der Waals surface area contributed by atoms with Crippen LogP contribution in [0.25, 0.3) is 0 Å². The number of anilines is 4. The lowest BCUT2D eigenvalue weighted by Gasteiger charge is -2.34. The number of nitrogens with one attached hydrogen (secondary N) is 1. The summed E-state index contributed by atoms with van der Waals surface area (Å²) in [6.07, 6.45) is 9.10. The summed E-state index contributed by atoms with van der Waals surface area (Å²) in [5.74, 6) is 2.35. The first kappa shape index (κ1) is 19.0. The highest BCUT2D eigenvalue weighted by molar-refractivity contribution is 5.61. The summed E-state index contributed by atoms with van der Waals surface area (Å²) in [5.41, 5.74) is 2.34. The first-order valence-electron chi connectivity index (χ1n) is 10.8. The fourth-order valence-electron chi connectivity index (χ4n) is 4.33. The van der Waals surface area contributed by atoms with E-state index in [2.05, 4.69) is 63.4 Å². The molecule has 0 aliphatic carbocycles. The van der Waals surface area contributed by atoms with Crippen molar-refractivity contribution in [3.8, 4) is 0 Å². The topological polar surface area (TPSA) is 57.2 Å². The smallest absolute Gasteiger partial charge is 0.247 e. The average molecular weight is 381 g/mol. The van der Waals surface area contributed by atoms with Crippen molar-refractivity contribution < 1.29 is 0 Å². The molecule has 2 saturated heterocycles. The fraction of sp³-hybridized carbons (Fsp3) is 0.591. The molecule has 0 radical (unpaired) electrons. The van der Waals surface area contributed by atoms with Crippen LogP contribution in [0.5, 0.6) is 0 Å². The van der Waals surface area contributed by atoms with E-state index in [0.29, 0.717) is 6.04 Å². The first-order valence-corrected chi connectivity index (χ1v) is 10.8. The molecule has 1 atom stereocenters. The first-order chi connectivity index (χ1) is 13.7. The Morgan fingerprint density at radius 3 is 2.57 bits per heavy atom. The van der Waals surface area contributed by atoms with Crippen LogP contribution < -0.4 is 15.1 Å². The quantitative estimate of drug-likeness (QED) is 0.817. The van der Waals surface area contributed by atoms with E-state index in [1.807, 2.05) is 0 Å². The van der Waals surface area contributed by atoms with Gasteiger partial charge in [0.25, 0.3) is 0 Å². The predicted molar refractivity (Wildman–Crippen MR) is 115 cm³/mol. The number of hydrogen-bond acceptors (Lipinski definition) is 6. The molecule has 0 spiro atoms. The molecule has 1 aromatic heterocycles. The highest BCUT2D eigenvalue weighted by Gasteiger charge is 2.23. The summed E-state index contributed by atoms with van der Waals surface area (Å²) >= 11 is 0. The molecule has 2 aliphatic heterocycles. The van der Waals surface area contributed by atoms with Crippen LogP contribution in [0.1, 0.15) is 52.4 Å². The van der Waals surface area contributed by atoms with E-state index >= 15 is 0 Å². The number of nitrogens with zero attached hydrogens (tertiary/aromatic N) is 5. The monoisotopic (exact) mass is 380 g/mol. The highest BCUT2D eigenvalue weighted by Crippen LogP contribution is 2.27. The van der Waals surface area contributed by atoms with Crippen molar-refractivity contribution >= 4 is 23.1 Å². The predicted octanol–water partition coefficient (Wildman–Crippen LogP) is 4.62. The second kappa shape index (κ2) is 8.76. The minimum absolute atomic E-state index is 0.525. The van der Waals surface area contributed by atoms with Crippen molar-refractivity contribution in [1.82, 2.24) is 15.2 Å². The van der Waals surface area contributed by atoms with Crippen LogP contribution in [-0.4, -0.2) is 40.9 Å². The summed E-state index contributed by atoms with van der Waals surface area (Å²) in [4.78, 5) is 9.54. The van der Waals surface area contributed by atoms with E-state index < -0.39 is 0 Å². The molecule has 1 aromatic carbocycles. The second-order valence-electron chi connectivity index (χ2n) is 8.23. The Balaban J connectivity index is 1.43. The van der Waals surface area contributed by atoms with Crippen molar-refractivity contribution in [2.24, 2.45) is 5.92 Å². The standard InChI is InChI=1S/C22H32N6/c1-3-19-6-4-5-13-28(19)22-25-21(16-23-26-22)24-18-7-9-20(10-8-18)27-14-11-17(2)12-15-27/h7-10,16-17,19H,3-6,11-15H2,1-2H3,(H,24,25,26). The number of rotatable bonds is 5. The third-order valence-corrected chi connectivity index (χ3v) is 6.19. The Hall–Kier alpha value is -2.37. The molecule has 1 unspecified atom stereocenters. The Bertz CT molecular complexity index is 754. The van der Waals surface area contributed by atoms with Gasteiger partial charge in [-0.1, -0.05) is 13.8 Å². The SMILES string of the molecule is CCC1CCCCN1c1nncc(Nc2ccc(N3CCC(C)CC3)cc2)n1. The number of aromatic nitrogens is 3. The molecule has 2 fully saturated rings. The van der Waals surface area contributed by atoms with Crippen molar-refractivity contribution in [3.05, 3.63) is 30.5 Å². The van der Waals surface area contributed by atoms with E-state index in [9.17, 15) is 0 Å². The number of piperidine rings is 2. The van der Waals surface area contributed by atoms with E-state index in [4.69, 9.17) is 4.98 Å². The zero-order valence-electron chi connectivity index (χ0n) is 17.1. The molecule has 2 aliphatic rings. The zero-order chi connectivity index (χ0) is 19.3. The molecule has 1 N–H and O–H groups in total. The van der Waals surface area contributed by atoms with Gasteiger partial charge < -0.3 is 15.1 Å². The van der Waals surface area contributed by atoms with Crippen molar-refractivity contribution in [2.45, 2.75) is 58.4 Å². The lowest BCUT2D eigenvalue weighted by Crippen LogP contribution is -2.40. The number of hydrogen-bond donors (Lipinski definition) is 1. The molecule has 6 heteroatoms. The van der Waals surface area contributed by atoms with Gasteiger partial charge in [-0.15, -0.1) is 5.10 Å². The van der Waals surface area contributed by atoms with Gasteiger partial charge in [-0.3, -0.25) is 0 Å². The Morgan fingerprint density at radius 2 is 1.82 bits per heavy atom. The third kappa shape index (κ3) is 4.37. The molecule has 3 heterocycles. The molecule has 6 nitrogen and oxygen atoms in total. The molecule has 150 valence electrons. The minimum Gasteiger partial charge on any atom is -0.372 e. The summed E-state index contributed by atoms with van der Waals surface area (Å²) < 4.78 is 0. The maximum atomic E-state index is 4.74. The largest absolute Gasteiger partial charge is 0.372 e. The van der Waals surface area contributed by atoms with Crippen LogP contribution in [0.4, 0.5) is 23.1 Å². The fourth-order valence-corrected chi connectivity index (χ4v) is 4.33. The lowest BCUT2D eigenvalue weighted by atomic mass is 9.99. The molecular formula is C22H32N6. The van der Waals surface area contributed by atoms with Gasteiger partial charge in [0.2, 0.25) is 5.95 Å². The van der Waals surface area contributed by atoms with Crippen LogP contribution in [0.2, 0.25) is 0 Å². The van der Waals surface area contributed by atoms with Crippen LogP contribution in [0, 0.1) is 5.92 Å². The Kier molecular flexibility index (Phi) is 5.93. The van der Waals surface area contributed by atoms with Crippen LogP contribution in [0.15, 0.2) is 30.5 Å². The molecule has 2 aromatic rings. The van der Waals surface area contributed by atoms with Crippen molar-refractivity contribution in [2.75, 3.05) is 34.8 Å². The van der Waals surface area contributed by atoms with Gasteiger partial charge in [0.05, 0.1) is 6.20 Å². The van der Waals surface area contributed by atoms with Gasteiger partial charge in [-0.2, -0.15) is 10.1 Å². The molecular weight excluding hydrogens is 348 g/mol. The Labute approximate surface area is 168 Å². The molecule has 28 heavy (non-hydrogen) atoms. The van der Waals surface area contributed by atoms with E-state index in [1.165, 1.54) is 37.8 Å². The molecule has 0 saturated carbocycles. The van der Waals surface area contributed by atoms with Crippen molar-refractivity contribution in [3.63, 3.8) is 0 Å². The van der Waals surface area contributed by atoms with Gasteiger partial charge >= 0.3 is 0 Å². The molecule has 0 bridgehead atoms. The normalized spacial score (nSPS) is 21.0. The van der Waals surface area contributed by atoms with Gasteiger partial charge in [0, 0.05) is 37.1 Å². The minimum atomic E-state index is 0.525. The lowest BCUT2D eigenvalue weighted by molar-refractivity contribution is 0.438. The maximum absolute atomic E-state index is 4.74. The maximum Gasteiger partial charge on any atom is 0.247 e. The van der Waals surface area contributed by atoms with E-state index in [1.54, 1.807) is 6.20 Å². The second-order valence-corrected chi connectivity index (χ2v) is 8.23. The summed E-state index contributed by atoms with van der Waals surface area (Å²) in [6.45, 7) is 7.92. The average Bonchev–Trinajstić information content (AvgIpc) is 2.75. The van der Waals surface area contributed by atoms with Gasteiger partial charge in [-0.05, 0) is 68.7 Å². The van der Waals surface area contributed by atoms with E-state index in [-0.39, 0.29) is 0 Å². The summed E-state index contributed by atoms with van der Waals surface area (Å²) in [6, 6.07) is 9.19. The van der Waals surface area contributed by atoms with Crippen LogP contribution >= 0.6 is 0 Å². The molecule has 0 amide bonds. The highest BCUT2D eigenvalue weighted by atomic mass is 15.3. The van der Waals surface area contributed by atoms with Gasteiger partial charge in [0.15, 0.2) is 5.82 Å². The Morgan fingerprint density at radius 1 is 1.04 bits per heavy atom. The van der Waals surface area contributed by atoms with Crippen molar-refractivity contribution in [1.29, 1.82) is 0 Å². The van der Waals surface area contributed by atoms with Gasteiger partial charge in [-0.25, -0.2) is 0 Å².